The molecule has 1 aliphatic rings. The topological polar surface area (TPSA) is 50.2 Å². The van der Waals surface area contributed by atoms with Gasteiger partial charge >= 0.3 is 0 Å². The van der Waals surface area contributed by atoms with E-state index in [9.17, 15) is 4.79 Å². The van der Waals surface area contributed by atoms with Crippen molar-refractivity contribution in [1.82, 2.24) is 15.1 Å². The van der Waals surface area contributed by atoms with E-state index in [1.165, 1.54) is 0 Å². The van der Waals surface area contributed by atoms with Gasteiger partial charge in [-0.25, -0.2) is 4.68 Å². The van der Waals surface area contributed by atoms with E-state index >= 15 is 0 Å². The zero-order valence-corrected chi connectivity index (χ0v) is 16.7. The van der Waals surface area contributed by atoms with Crippen molar-refractivity contribution in [2.24, 2.45) is 0 Å². The molecule has 1 atom stereocenters. The first-order valence-corrected chi connectivity index (χ1v) is 9.27. The molecule has 138 valence electrons. The summed E-state index contributed by atoms with van der Waals surface area (Å²) in [5, 5.41) is 9.11. The number of aromatic nitrogens is 2. The third-order valence-corrected chi connectivity index (χ3v) is 5.35. The maximum atomic E-state index is 12.4. The molecule has 2 aromatic rings. The number of hydrogen-bond acceptors (Lipinski definition) is 3. The largest absolute Gasteiger partial charge is 0.310 e. The summed E-state index contributed by atoms with van der Waals surface area (Å²) in [4.78, 5) is 14.1. The number of amides is 1. The van der Waals surface area contributed by atoms with Gasteiger partial charge < -0.3 is 5.32 Å². The SMILES string of the molecule is C/C=C\N(C(C)=O)c1c2c(nn1-c1cc(C)c(Cl)c(C)c1)CCN[C@H]2C. The Balaban J connectivity index is 2.30. The van der Waals surface area contributed by atoms with Crippen molar-refractivity contribution in [2.45, 2.75) is 47.1 Å². The smallest absolute Gasteiger partial charge is 0.229 e. The Kier molecular flexibility index (Phi) is 5.21. The number of carbonyl (C=O) groups is 1. The first-order valence-electron chi connectivity index (χ1n) is 8.90. The summed E-state index contributed by atoms with van der Waals surface area (Å²) < 4.78 is 1.88. The van der Waals surface area contributed by atoms with Crippen LogP contribution in [0.5, 0.6) is 0 Å². The highest BCUT2D eigenvalue weighted by Crippen LogP contribution is 2.36. The van der Waals surface area contributed by atoms with Gasteiger partial charge in [0.05, 0.1) is 11.4 Å². The number of aryl methyl sites for hydroxylation is 2. The van der Waals surface area contributed by atoms with Crippen molar-refractivity contribution in [2.75, 3.05) is 11.4 Å². The lowest BCUT2D eigenvalue weighted by molar-refractivity contribution is -0.116. The number of benzene rings is 1. The molecule has 1 N–H and O–H groups in total. The van der Waals surface area contributed by atoms with Gasteiger partial charge in [0.25, 0.3) is 0 Å². The molecule has 0 unspecified atom stereocenters. The standard InChI is InChI=1S/C20H25ClN4O/c1-6-9-24(15(5)26)20-18-14(4)22-8-7-17(18)23-25(20)16-10-12(2)19(21)13(3)11-16/h6,9-11,14,22H,7-8H2,1-5H3/b9-6-/t14-/m0/s1. The van der Waals surface area contributed by atoms with Gasteiger partial charge in [0.1, 0.15) is 5.82 Å². The van der Waals surface area contributed by atoms with Crippen LogP contribution in [0.3, 0.4) is 0 Å². The molecule has 0 aliphatic carbocycles. The molecule has 26 heavy (non-hydrogen) atoms. The number of fused-ring (bicyclic) bond motifs is 1. The van der Waals surface area contributed by atoms with Crippen LogP contribution in [0, 0.1) is 13.8 Å². The lowest BCUT2D eigenvalue weighted by Gasteiger charge is -2.25. The summed E-state index contributed by atoms with van der Waals surface area (Å²) in [7, 11) is 0. The molecule has 0 saturated heterocycles. The third-order valence-electron chi connectivity index (χ3n) is 4.75. The van der Waals surface area contributed by atoms with E-state index in [0.717, 1.165) is 51.9 Å². The minimum absolute atomic E-state index is 0.0489. The van der Waals surface area contributed by atoms with E-state index in [4.69, 9.17) is 16.7 Å². The second-order valence-corrected chi connectivity index (χ2v) is 7.16. The minimum Gasteiger partial charge on any atom is -0.310 e. The number of rotatable bonds is 3. The Hall–Kier alpha value is -2.11. The van der Waals surface area contributed by atoms with Crippen LogP contribution in [-0.4, -0.2) is 22.2 Å². The summed E-state index contributed by atoms with van der Waals surface area (Å²) in [6.45, 7) is 10.4. The lowest BCUT2D eigenvalue weighted by Crippen LogP contribution is -2.31. The van der Waals surface area contributed by atoms with E-state index in [1.807, 2.05) is 43.7 Å². The van der Waals surface area contributed by atoms with Gasteiger partial charge in [-0.1, -0.05) is 17.7 Å². The Morgan fingerprint density at radius 2 is 2.04 bits per heavy atom. The third kappa shape index (κ3) is 3.17. The van der Waals surface area contributed by atoms with Gasteiger partial charge in [-0.05, 0) is 51.0 Å². The number of halogens is 1. The van der Waals surface area contributed by atoms with E-state index in [-0.39, 0.29) is 11.9 Å². The molecular weight excluding hydrogens is 348 g/mol. The predicted molar refractivity (Wildman–Crippen MR) is 106 cm³/mol. The number of nitrogens with one attached hydrogen (secondary N) is 1. The molecular formula is C20H25ClN4O. The monoisotopic (exact) mass is 372 g/mol. The van der Waals surface area contributed by atoms with Crippen molar-refractivity contribution in [1.29, 1.82) is 0 Å². The maximum absolute atomic E-state index is 12.4. The van der Waals surface area contributed by atoms with Crippen LogP contribution in [0.25, 0.3) is 5.69 Å². The number of anilines is 1. The summed E-state index contributed by atoms with van der Waals surface area (Å²) in [6.07, 6.45) is 4.50. The lowest BCUT2D eigenvalue weighted by atomic mass is 10.0. The van der Waals surface area contributed by atoms with E-state index in [1.54, 1.807) is 18.0 Å². The van der Waals surface area contributed by atoms with Crippen molar-refractivity contribution >= 4 is 23.3 Å². The van der Waals surface area contributed by atoms with Crippen LogP contribution < -0.4 is 10.2 Å². The first-order chi connectivity index (χ1) is 12.3. The molecule has 0 bridgehead atoms. The zero-order chi connectivity index (χ0) is 19.0. The van der Waals surface area contributed by atoms with Crippen LogP contribution in [0.15, 0.2) is 24.4 Å². The highest BCUT2D eigenvalue weighted by Gasteiger charge is 2.30. The molecule has 5 nitrogen and oxygen atoms in total. The molecule has 2 heterocycles. The summed E-state index contributed by atoms with van der Waals surface area (Å²) in [6, 6.07) is 4.16. The minimum atomic E-state index is -0.0489. The van der Waals surface area contributed by atoms with Crippen molar-refractivity contribution < 1.29 is 4.79 Å². The number of allylic oxidation sites excluding steroid dienone is 1. The van der Waals surface area contributed by atoms with Gasteiger partial charge in [0.15, 0.2) is 0 Å². The molecule has 1 amide bonds. The highest BCUT2D eigenvalue weighted by molar-refractivity contribution is 6.32. The first kappa shape index (κ1) is 18.7. The molecule has 1 aromatic carbocycles. The Bertz CT molecular complexity index is 861. The molecule has 0 radical (unpaired) electrons. The van der Waals surface area contributed by atoms with Crippen LogP contribution in [0.4, 0.5) is 5.82 Å². The van der Waals surface area contributed by atoms with Crippen LogP contribution in [0.2, 0.25) is 5.02 Å². The highest BCUT2D eigenvalue weighted by atomic mass is 35.5. The van der Waals surface area contributed by atoms with Gasteiger partial charge in [0.2, 0.25) is 5.91 Å². The van der Waals surface area contributed by atoms with Crippen molar-refractivity contribution in [3.8, 4) is 5.69 Å². The van der Waals surface area contributed by atoms with Crippen LogP contribution in [0.1, 0.15) is 49.2 Å². The summed E-state index contributed by atoms with van der Waals surface area (Å²) in [5.74, 6) is 0.749. The Morgan fingerprint density at radius 3 is 2.62 bits per heavy atom. The number of carbonyl (C=O) groups excluding carboxylic acids is 1. The normalized spacial score (nSPS) is 16.8. The summed E-state index contributed by atoms with van der Waals surface area (Å²) >= 11 is 6.35. The van der Waals surface area contributed by atoms with Crippen LogP contribution >= 0.6 is 11.6 Å². The number of nitrogens with zero attached hydrogens (tertiary/aromatic N) is 3. The molecule has 0 spiro atoms. The van der Waals surface area contributed by atoms with Gasteiger partial charge in [-0.15, -0.1) is 0 Å². The molecule has 1 aromatic heterocycles. The fourth-order valence-electron chi connectivity index (χ4n) is 3.53. The van der Waals surface area contributed by atoms with E-state index < -0.39 is 0 Å². The van der Waals surface area contributed by atoms with Crippen molar-refractivity contribution in [3.05, 3.63) is 51.8 Å². The Morgan fingerprint density at radius 1 is 1.38 bits per heavy atom. The van der Waals surface area contributed by atoms with E-state index in [0.29, 0.717) is 0 Å². The van der Waals surface area contributed by atoms with Gasteiger partial charge in [0, 0.05) is 42.7 Å². The fourth-order valence-corrected chi connectivity index (χ4v) is 3.64. The molecule has 6 heteroatoms. The maximum Gasteiger partial charge on any atom is 0.229 e. The van der Waals surface area contributed by atoms with Gasteiger partial charge in [-0.3, -0.25) is 9.69 Å². The quantitative estimate of drug-likeness (QED) is 0.876. The zero-order valence-electron chi connectivity index (χ0n) is 15.9. The molecule has 0 fully saturated rings. The van der Waals surface area contributed by atoms with Crippen LogP contribution in [-0.2, 0) is 11.2 Å². The predicted octanol–water partition coefficient (Wildman–Crippen LogP) is 4.24. The number of hydrogen-bond donors (Lipinski definition) is 1. The second kappa shape index (κ2) is 7.25. The Labute approximate surface area is 159 Å². The second-order valence-electron chi connectivity index (χ2n) is 6.79. The molecule has 1 aliphatic heterocycles. The molecule has 0 saturated carbocycles. The van der Waals surface area contributed by atoms with Crippen molar-refractivity contribution in [3.63, 3.8) is 0 Å². The average molecular weight is 373 g/mol. The van der Waals surface area contributed by atoms with E-state index in [2.05, 4.69) is 12.2 Å². The average Bonchev–Trinajstić information content (AvgIpc) is 2.97. The van der Waals surface area contributed by atoms with Gasteiger partial charge in [-0.2, -0.15) is 5.10 Å². The fraction of sp³-hybridized carbons (Fsp3) is 0.400. The molecule has 3 rings (SSSR count). The summed E-state index contributed by atoms with van der Waals surface area (Å²) in [5.41, 5.74) is 5.01.